The first kappa shape index (κ1) is 15.1. The van der Waals surface area contributed by atoms with Crippen molar-refractivity contribution in [3.63, 3.8) is 0 Å². The molecule has 0 radical (unpaired) electrons. The van der Waals surface area contributed by atoms with Gasteiger partial charge in [0.1, 0.15) is 11.8 Å². The van der Waals surface area contributed by atoms with Crippen molar-refractivity contribution in [1.29, 1.82) is 5.26 Å². The van der Waals surface area contributed by atoms with Gasteiger partial charge in [-0.3, -0.25) is 0 Å². The van der Waals surface area contributed by atoms with Crippen molar-refractivity contribution in [2.75, 3.05) is 19.4 Å². The van der Waals surface area contributed by atoms with Gasteiger partial charge in [-0.25, -0.2) is 12.7 Å². The molecule has 6 nitrogen and oxygen atoms in total. The van der Waals surface area contributed by atoms with E-state index in [-0.39, 0.29) is 10.7 Å². The third-order valence-corrected chi connectivity index (χ3v) is 4.66. The number of furan rings is 1. The Kier molecular flexibility index (Phi) is 4.31. The van der Waals surface area contributed by atoms with E-state index >= 15 is 0 Å². The van der Waals surface area contributed by atoms with E-state index in [9.17, 15) is 8.42 Å². The number of anilines is 1. The van der Waals surface area contributed by atoms with E-state index in [0.717, 1.165) is 4.31 Å². The summed E-state index contributed by atoms with van der Waals surface area (Å²) in [6, 6.07) is 11.7. The molecular formula is C14H15N3O3S. The van der Waals surface area contributed by atoms with Crippen LogP contribution in [0.1, 0.15) is 11.5 Å². The smallest absolute Gasteiger partial charge is 0.242 e. The molecule has 21 heavy (non-hydrogen) atoms. The first-order chi connectivity index (χ1) is 9.93. The van der Waals surface area contributed by atoms with Crippen LogP contribution in [0.3, 0.4) is 0 Å². The van der Waals surface area contributed by atoms with Crippen LogP contribution in [0.5, 0.6) is 0 Å². The third-order valence-electron chi connectivity index (χ3n) is 2.85. The molecule has 7 heteroatoms. The molecule has 0 bridgehead atoms. The number of nitrogens with zero attached hydrogens (tertiary/aromatic N) is 2. The molecule has 2 rings (SSSR count). The van der Waals surface area contributed by atoms with Crippen molar-refractivity contribution in [2.24, 2.45) is 0 Å². The number of sulfonamides is 1. The molecule has 0 saturated heterocycles. The number of benzene rings is 1. The number of nitrogens with one attached hydrogen (secondary N) is 1. The van der Waals surface area contributed by atoms with Gasteiger partial charge in [-0.05, 0) is 30.3 Å². The molecule has 0 fully saturated rings. The molecule has 0 aliphatic carbocycles. The molecule has 0 saturated carbocycles. The summed E-state index contributed by atoms with van der Waals surface area (Å²) in [6.45, 7) is 0.368. The van der Waals surface area contributed by atoms with Gasteiger partial charge in [-0.15, -0.1) is 0 Å². The SMILES string of the molecule is CN(C)S(=O)(=O)c1cccc(NCc2ccc(C#N)o2)c1. The molecule has 0 spiro atoms. The Morgan fingerprint density at radius 1 is 1.29 bits per heavy atom. The van der Waals surface area contributed by atoms with Crippen LogP contribution in [0.2, 0.25) is 0 Å². The van der Waals surface area contributed by atoms with E-state index in [4.69, 9.17) is 9.68 Å². The van der Waals surface area contributed by atoms with Crippen LogP contribution < -0.4 is 5.32 Å². The lowest BCUT2D eigenvalue weighted by atomic mass is 10.3. The molecule has 1 N–H and O–H groups in total. The van der Waals surface area contributed by atoms with E-state index in [1.54, 1.807) is 36.4 Å². The Morgan fingerprint density at radius 3 is 2.67 bits per heavy atom. The lowest BCUT2D eigenvalue weighted by molar-refractivity contribution is 0.506. The summed E-state index contributed by atoms with van der Waals surface area (Å²) in [6.07, 6.45) is 0. The molecule has 0 aliphatic heterocycles. The van der Waals surface area contributed by atoms with Crippen molar-refractivity contribution >= 4 is 15.7 Å². The second-order valence-electron chi connectivity index (χ2n) is 4.55. The minimum Gasteiger partial charge on any atom is -0.449 e. The predicted molar refractivity (Wildman–Crippen MR) is 78.1 cm³/mol. The summed E-state index contributed by atoms with van der Waals surface area (Å²) in [4.78, 5) is 0.217. The van der Waals surface area contributed by atoms with Gasteiger partial charge in [-0.2, -0.15) is 5.26 Å². The van der Waals surface area contributed by atoms with Crippen LogP contribution in [0.4, 0.5) is 5.69 Å². The largest absolute Gasteiger partial charge is 0.449 e. The van der Waals surface area contributed by atoms with Gasteiger partial charge in [-0.1, -0.05) is 6.07 Å². The first-order valence-electron chi connectivity index (χ1n) is 6.19. The van der Waals surface area contributed by atoms with Gasteiger partial charge < -0.3 is 9.73 Å². The van der Waals surface area contributed by atoms with Crippen LogP contribution >= 0.6 is 0 Å². The fraction of sp³-hybridized carbons (Fsp3) is 0.214. The highest BCUT2D eigenvalue weighted by molar-refractivity contribution is 7.89. The summed E-state index contributed by atoms with van der Waals surface area (Å²) >= 11 is 0. The highest BCUT2D eigenvalue weighted by Crippen LogP contribution is 2.19. The second kappa shape index (κ2) is 5.99. The van der Waals surface area contributed by atoms with Gasteiger partial charge in [0.05, 0.1) is 11.4 Å². The average molecular weight is 305 g/mol. The van der Waals surface area contributed by atoms with Gasteiger partial charge in [0.15, 0.2) is 0 Å². The second-order valence-corrected chi connectivity index (χ2v) is 6.70. The molecule has 110 valence electrons. The first-order valence-corrected chi connectivity index (χ1v) is 7.63. The zero-order valence-electron chi connectivity index (χ0n) is 11.7. The number of hydrogen-bond donors (Lipinski definition) is 1. The molecule has 2 aromatic rings. The third kappa shape index (κ3) is 3.42. The standard InChI is InChI=1S/C14H15N3O3S/c1-17(2)21(18,19)14-5-3-4-11(8-14)16-10-13-7-6-12(9-15)20-13/h3-8,16H,10H2,1-2H3. The van der Waals surface area contributed by atoms with Gasteiger partial charge in [0.2, 0.25) is 15.8 Å². The van der Waals surface area contributed by atoms with Gasteiger partial charge in [0, 0.05) is 19.8 Å². The molecule has 0 unspecified atom stereocenters. The molecule has 1 aromatic heterocycles. The van der Waals surface area contributed by atoms with Crippen molar-refractivity contribution in [3.05, 3.63) is 47.9 Å². The van der Waals surface area contributed by atoms with Crippen molar-refractivity contribution in [3.8, 4) is 6.07 Å². The summed E-state index contributed by atoms with van der Waals surface area (Å²) in [5.74, 6) is 0.850. The molecule has 1 aromatic carbocycles. The highest BCUT2D eigenvalue weighted by atomic mass is 32.2. The molecule has 1 heterocycles. The number of hydrogen-bond acceptors (Lipinski definition) is 5. The predicted octanol–water partition coefficient (Wildman–Crippen LogP) is 2.01. The zero-order valence-corrected chi connectivity index (χ0v) is 12.5. The fourth-order valence-corrected chi connectivity index (χ4v) is 2.65. The van der Waals surface area contributed by atoms with Crippen molar-refractivity contribution in [1.82, 2.24) is 4.31 Å². The number of nitriles is 1. The topological polar surface area (TPSA) is 86.3 Å². The van der Waals surface area contributed by atoms with Crippen LogP contribution in [-0.2, 0) is 16.6 Å². The Balaban J connectivity index is 2.13. The quantitative estimate of drug-likeness (QED) is 0.913. The number of rotatable bonds is 5. The minimum absolute atomic E-state index is 0.217. The Bertz CT molecular complexity index is 773. The van der Waals surface area contributed by atoms with Crippen molar-refractivity contribution in [2.45, 2.75) is 11.4 Å². The van der Waals surface area contributed by atoms with E-state index in [0.29, 0.717) is 18.0 Å². The minimum atomic E-state index is -3.46. The lowest BCUT2D eigenvalue weighted by Gasteiger charge is -2.12. The lowest BCUT2D eigenvalue weighted by Crippen LogP contribution is -2.22. The fourth-order valence-electron chi connectivity index (χ4n) is 1.70. The van der Waals surface area contributed by atoms with Crippen LogP contribution in [0.15, 0.2) is 45.7 Å². The summed E-state index contributed by atoms with van der Waals surface area (Å²) in [5.41, 5.74) is 0.660. The Hall–Kier alpha value is -2.30. The van der Waals surface area contributed by atoms with E-state index in [1.807, 2.05) is 6.07 Å². The molecule has 0 amide bonds. The monoisotopic (exact) mass is 305 g/mol. The molecular weight excluding hydrogens is 290 g/mol. The maximum absolute atomic E-state index is 12.0. The van der Waals surface area contributed by atoms with Gasteiger partial charge >= 0.3 is 0 Å². The summed E-state index contributed by atoms with van der Waals surface area (Å²) < 4.78 is 30.5. The summed E-state index contributed by atoms with van der Waals surface area (Å²) in [5, 5.41) is 11.7. The van der Waals surface area contributed by atoms with Crippen LogP contribution in [-0.4, -0.2) is 26.8 Å². The zero-order chi connectivity index (χ0) is 15.5. The summed E-state index contributed by atoms with van der Waals surface area (Å²) in [7, 11) is -0.480. The maximum Gasteiger partial charge on any atom is 0.242 e. The highest BCUT2D eigenvalue weighted by Gasteiger charge is 2.17. The normalized spacial score (nSPS) is 11.3. The van der Waals surface area contributed by atoms with E-state index in [2.05, 4.69) is 5.32 Å². The maximum atomic E-state index is 12.0. The Morgan fingerprint density at radius 2 is 2.05 bits per heavy atom. The van der Waals surface area contributed by atoms with Crippen molar-refractivity contribution < 1.29 is 12.8 Å². The van der Waals surface area contributed by atoms with Crippen LogP contribution in [0, 0.1) is 11.3 Å². The van der Waals surface area contributed by atoms with E-state index < -0.39 is 10.0 Å². The molecule has 0 aliphatic rings. The van der Waals surface area contributed by atoms with Crippen LogP contribution in [0.25, 0.3) is 0 Å². The molecule has 0 atom stereocenters. The van der Waals surface area contributed by atoms with Gasteiger partial charge in [0.25, 0.3) is 0 Å². The average Bonchev–Trinajstić information content (AvgIpc) is 2.93. The van der Waals surface area contributed by atoms with E-state index in [1.165, 1.54) is 14.1 Å². The Labute approximate surface area is 123 Å².